The van der Waals surface area contributed by atoms with E-state index in [4.69, 9.17) is 9.47 Å². The average molecular weight is 397 g/mol. The van der Waals surface area contributed by atoms with E-state index >= 15 is 0 Å². The van der Waals surface area contributed by atoms with Crippen molar-refractivity contribution in [2.75, 3.05) is 14.2 Å². The predicted octanol–water partition coefficient (Wildman–Crippen LogP) is 4.05. The third-order valence-electron chi connectivity index (χ3n) is 4.53. The molecule has 0 atom stereocenters. The van der Waals surface area contributed by atoms with Crippen molar-refractivity contribution >= 4 is 5.91 Å². The Morgan fingerprint density at radius 3 is 2.62 bits per heavy atom. The van der Waals surface area contributed by atoms with Crippen LogP contribution in [0.5, 0.6) is 11.5 Å². The van der Waals surface area contributed by atoms with Crippen LogP contribution in [0.15, 0.2) is 48.5 Å². The van der Waals surface area contributed by atoms with Gasteiger partial charge in [0, 0.05) is 30.3 Å². The fraction of sp³-hybridized carbons (Fsp3) is 0.273. The Kier molecular flexibility index (Phi) is 6.49. The van der Waals surface area contributed by atoms with Gasteiger partial charge in [-0.15, -0.1) is 0 Å². The molecular weight excluding hydrogens is 373 g/mol. The maximum atomic E-state index is 13.8. The monoisotopic (exact) mass is 397 g/mol. The molecule has 0 saturated carbocycles. The van der Waals surface area contributed by atoms with Crippen LogP contribution in [-0.4, -0.2) is 29.9 Å². The quantitative estimate of drug-likeness (QED) is 0.623. The molecular formula is C22H24FN3O3. The number of rotatable bonds is 8. The summed E-state index contributed by atoms with van der Waals surface area (Å²) in [5, 5.41) is 7.36. The molecule has 29 heavy (non-hydrogen) atoms. The molecule has 0 fully saturated rings. The van der Waals surface area contributed by atoms with Crippen LogP contribution in [0.4, 0.5) is 4.39 Å². The highest BCUT2D eigenvalue weighted by Crippen LogP contribution is 2.33. The Morgan fingerprint density at radius 1 is 1.14 bits per heavy atom. The first-order valence-electron chi connectivity index (χ1n) is 9.39. The van der Waals surface area contributed by atoms with Crippen LogP contribution in [0.1, 0.15) is 29.4 Å². The van der Waals surface area contributed by atoms with Crippen molar-refractivity contribution < 1.29 is 18.7 Å². The van der Waals surface area contributed by atoms with E-state index in [1.165, 1.54) is 6.07 Å². The number of nitrogens with zero attached hydrogens (tertiary/aromatic N) is 2. The molecule has 0 aliphatic heterocycles. The van der Waals surface area contributed by atoms with Gasteiger partial charge in [-0.2, -0.15) is 5.10 Å². The van der Waals surface area contributed by atoms with Gasteiger partial charge in [0.1, 0.15) is 23.0 Å². The Balaban J connectivity index is 1.89. The molecule has 0 spiro atoms. The van der Waals surface area contributed by atoms with Crippen molar-refractivity contribution in [1.29, 1.82) is 0 Å². The molecule has 1 amide bonds. The molecule has 3 aromatic rings. The first-order chi connectivity index (χ1) is 14.1. The first kappa shape index (κ1) is 20.4. The number of hydrogen-bond acceptors (Lipinski definition) is 4. The molecule has 0 saturated heterocycles. The van der Waals surface area contributed by atoms with E-state index in [9.17, 15) is 9.18 Å². The van der Waals surface area contributed by atoms with E-state index in [2.05, 4.69) is 10.4 Å². The lowest BCUT2D eigenvalue weighted by Crippen LogP contribution is -2.26. The minimum Gasteiger partial charge on any atom is -0.497 e. The number of carbonyl (C=O) groups excluding carboxylic acids is 1. The van der Waals surface area contributed by atoms with Gasteiger partial charge in [0.15, 0.2) is 0 Å². The fourth-order valence-corrected chi connectivity index (χ4v) is 3.03. The standard InChI is InChI=1S/C22H24FN3O3/c1-4-11-26-20(22(27)24-14-15-7-5-6-8-18(15)23)13-19(25-26)17-10-9-16(28-2)12-21(17)29-3/h5-10,12-13H,4,11,14H2,1-3H3,(H,24,27). The zero-order valence-electron chi connectivity index (χ0n) is 16.7. The molecule has 1 aromatic heterocycles. The molecule has 152 valence electrons. The predicted molar refractivity (Wildman–Crippen MR) is 109 cm³/mol. The summed E-state index contributed by atoms with van der Waals surface area (Å²) in [5.74, 6) is 0.608. The van der Waals surface area contributed by atoms with Crippen LogP contribution in [0, 0.1) is 5.82 Å². The number of amides is 1. The van der Waals surface area contributed by atoms with Gasteiger partial charge in [-0.1, -0.05) is 25.1 Å². The van der Waals surface area contributed by atoms with Crippen molar-refractivity contribution in [2.24, 2.45) is 0 Å². The average Bonchev–Trinajstić information content (AvgIpc) is 3.16. The van der Waals surface area contributed by atoms with Gasteiger partial charge in [0.2, 0.25) is 0 Å². The molecule has 0 aliphatic rings. The maximum absolute atomic E-state index is 13.8. The zero-order chi connectivity index (χ0) is 20.8. The summed E-state index contributed by atoms with van der Waals surface area (Å²) >= 11 is 0. The first-order valence-corrected chi connectivity index (χ1v) is 9.39. The van der Waals surface area contributed by atoms with Gasteiger partial charge >= 0.3 is 0 Å². The molecule has 1 N–H and O–H groups in total. The molecule has 7 heteroatoms. The van der Waals surface area contributed by atoms with Gasteiger partial charge in [0.25, 0.3) is 5.91 Å². The van der Waals surface area contributed by atoms with E-state index in [-0.39, 0.29) is 18.3 Å². The number of aromatic nitrogens is 2. The smallest absolute Gasteiger partial charge is 0.269 e. The van der Waals surface area contributed by atoms with Gasteiger partial charge < -0.3 is 14.8 Å². The van der Waals surface area contributed by atoms with E-state index < -0.39 is 0 Å². The number of carbonyl (C=O) groups is 1. The topological polar surface area (TPSA) is 65.4 Å². The SMILES string of the molecule is CCCn1nc(-c2ccc(OC)cc2OC)cc1C(=O)NCc1ccccc1F. The van der Waals surface area contributed by atoms with Gasteiger partial charge in [-0.05, 0) is 30.7 Å². The summed E-state index contributed by atoms with van der Waals surface area (Å²) in [6, 6.07) is 13.5. The third-order valence-corrected chi connectivity index (χ3v) is 4.53. The lowest BCUT2D eigenvalue weighted by molar-refractivity contribution is 0.0939. The minimum absolute atomic E-state index is 0.101. The zero-order valence-corrected chi connectivity index (χ0v) is 16.7. The Hall–Kier alpha value is -3.35. The molecule has 2 aromatic carbocycles. The summed E-state index contributed by atoms with van der Waals surface area (Å²) in [6.07, 6.45) is 0.814. The minimum atomic E-state index is -0.349. The highest BCUT2D eigenvalue weighted by atomic mass is 19.1. The number of halogens is 1. The molecule has 0 unspecified atom stereocenters. The Morgan fingerprint density at radius 2 is 1.93 bits per heavy atom. The van der Waals surface area contributed by atoms with Gasteiger partial charge in [-0.3, -0.25) is 9.48 Å². The lowest BCUT2D eigenvalue weighted by atomic mass is 10.1. The molecule has 6 nitrogen and oxygen atoms in total. The number of benzene rings is 2. The summed E-state index contributed by atoms with van der Waals surface area (Å²) in [4.78, 5) is 12.8. The van der Waals surface area contributed by atoms with Gasteiger partial charge in [0.05, 0.1) is 19.9 Å². The van der Waals surface area contributed by atoms with Gasteiger partial charge in [-0.25, -0.2) is 4.39 Å². The normalized spacial score (nSPS) is 10.6. The second-order valence-corrected chi connectivity index (χ2v) is 6.48. The van der Waals surface area contributed by atoms with Crippen molar-refractivity contribution in [1.82, 2.24) is 15.1 Å². The largest absolute Gasteiger partial charge is 0.497 e. The molecule has 0 bridgehead atoms. The summed E-state index contributed by atoms with van der Waals surface area (Å²) in [6.45, 7) is 2.70. The van der Waals surface area contributed by atoms with Crippen LogP contribution in [-0.2, 0) is 13.1 Å². The van der Waals surface area contributed by atoms with Crippen molar-refractivity contribution in [3.8, 4) is 22.8 Å². The highest BCUT2D eigenvalue weighted by molar-refractivity contribution is 5.94. The number of hydrogen-bond donors (Lipinski definition) is 1. The highest BCUT2D eigenvalue weighted by Gasteiger charge is 2.18. The van der Waals surface area contributed by atoms with E-state index in [0.29, 0.717) is 35.0 Å². The number of methoxy groups -OCH3 is 2. The second kappa shape index (κ2) is 9.23. The van der Waals surface area contributed by atoms with Crippen molar-refractivity contribution in [3.63, 3.8) is 0 Å². The summed E-state index contributed by atoms with van der Waals surface area (Å²) < 4.78 is 26.2. The van der Waals surface area contributed by atoms with Crippen molar-refractivity contribution in [2.45, 2.75) is 26.4 Å². The maximum Gasteiger partial charge on any atom is 0.269 e. The van der Waals surface area contributed by atoms with Crippen LogP contribution in [0.25, 0.3) is 11.3 Å². The fourth-order valence-electron chi connectivity index (χ4n) is 3.03. The number of aryl methyl sites for hydroxylation is 1. The molecule has 3 rings (SSSR count). The third kappa shape index (κ3) is 4.56. The van der Waals surface area contributed by atoms with Crippen LogP contribution in [0.2, 0.25) is 0 Å². The Labute approximate surface area is 169 Å². The molecule has 0 aliphatic carbocycles. The Bertz CT molecular complexity index is 1000. The van der Waals surface area contributed by atoms with Crippen LogP contribution < -0.4 is 14.8 Å². The van der Waals surface area contributed by atoms with Crippen molar-refractivity contribution in [3.05, 3.63) is 65.6 Å². The summed E-state index contributed by atoms with van der Waals surface area (Å²) in [7, 11) is 3.16. The van der Waals surface area contributed by atoms with E-state index in [1.54, 1.807) is 49.2 Å². The second-order valence-electron chi connectivity index (χ2n) is 6.48. The van der Waals surface area contributed by atoms with Crippen LogP contribution >= 0.6 is 0 Å². The number of nitrogens with one attached hydrogen (secondary N) is 1. The summed E-state index contributed by atoms with van der Waals surface area (Å²) in [5.41, 5.74) is 2.22. The molecule has 1 heterocycles. The lowest BCUT2D eigenvalue weighted by Gasteiger charge is -2.08. The van der Waals surface area contributed by atoms with Crippen LogP contribution in [0.3, 0.4) is 0 Å². The van der Waals surface area contributed by atoms with E-state index in [0.717, 1.165) is 12.0 Å². The molecule has 0 radical (unpaired) electrons. The van der Waals surface area contributed by atoms with E-state index in [1.807, 2.05) is 19.1 Å². The number of ether oxygens (including phenoxy) is 2.